The third-order valence-corrected chi connectivity index (χ3v) is 4.57. The molecule has 2 N–H and O–H groups in total. The van der Waals surface area contributed by atoms with E-state index in [9.17, 15) is 9.18 Å². The molecule has 0 aliphatic carbocycles. The quantitative estimate of drug-likeness (QED) is 0.632. The molecule has 0 saturated carbocycles. The Morgan fingerprint density at radius 3 is 2.79 bits per heavy atom. The van der Waals surface area contributed by atoms with E-state index in [4.69, 9.17) is 0 Å². The number of pyridine rings is 1. The van der Waals surface area contributed by atoms with Crippen LogP contribution >= 0.6 is 0 Å². The molecule has 1 aliphatic heterocycles. The van der Waals surface area contributed by atoms with Crippen LogP contribution in [-0.4, -0.2) is 23.7 Å². The lowest BCUT2D eigenvalue weighted by molar-refractivity contribution is -0.115. The van der Waals surface area contributed by atoms with Crippen LogP contribution in [0.15, 0.2) is 71.9 Å². The summed E-state index contributed by atoms with van der Waals surface area (Å²) in [6.07, 6.45) is 4.24. The van der Waals surface area contributed by atoms with Gasteiger partial charge in [0.15, 0.2) is 0 Å². The molecule has 1 aliphatic rings. The van der Waals surface area contributed by atoms with Crippen molar-refractivity contribution in [1.29, 1.82) is 0 Å². The van der Waals surface area contributed by atoms with Crippen molar-refractivity contribution in [3.8, 4) is 0 Å². The number of hydrogen-bond acceptors (Lipinski definition) is 4. The summed E-state index contributed by atoms with van der Waals surface area (Å²) in [4.78, 5) is 20.8. The zero-order chi connectivity index (χ0) is 19.3. The SMILES string of the molecule is O=C1Nc2cc(F)ccc2C1C=Nc1ccc(NCCc2ccccn2)cc1. The lowest BCUT2D eigenvalue weighted by Gasteiger charge is -2.06. The summed E-state index contributed by atoms with van der Waals surface area (Å²) in [5.74, 6) is -1.08. The smallest absolute Gasteiger partial charge is 0.237 e. The normalized spacial score (nSPS) is 15.5. The number of carbonyl (C=O) groups is 1. The maximum absolute atomic E-state index is 13.3. The molecule has 4 rings (SSSR count). The molecule has 6 heteroatoms. The van der Waals surface area contributed by atoms with Crippen molar-refractivity contribution < 1.29 is 9.18 Å². The van der Waals surface area contributed by atoms with Crippen molar-refractivity contribution in [1.82, 2.24) is 4.98 Å². The molecule has 0 spiro atoms. The first-order valence-corrected chi connectivity index (χ1v) is 9.07. The van der Waals surface area contributed by atoms with Crippen LogP contribution in [-0.2, 0) is 11.2 Å². The second-order valence-corrected chi connectivity index (χ2v) is 6.52. The van der Waals surface area contributed by atoms with Gasteiger partial charge in [0.25, 0.3) is 0 Å². The van der Waals surface area contributed by atoms with Gasteiger partial charge in [-0.15, -0.1) is 0 Å². The van der Waals surface area contributed by atoms with Crippen LogP contribution in [0.2, 0.25) is 0 Å². The minimum atomic E-state index is -0.508. The Hall–Kier alpha value is -3.54. The Labute approximate surface area is 162 Å². The van der Waals surface area contributed by atoms with Crippen LogP contribution in [0.3, 0.4) is 0 Å². The van der Waals surface area contributed by atoms with Crippen molar-refractivity contribution >= 4 is 29.2 Å². The highest BCUT2D eigenvalue weighted by molar-refractivity contribution is 6.12. The van der Waals surface area contributed by atoms with Crippen molar-refractivity contribution in [3.63, 3.8) is 0 Å². The fraction of sp³-hybridized carbons (Fsp3) is 0.136. The Bertz CT molecular complexity index is 1000. The van der Waals surface area contributed by atoms with E-state index < -0.39 is 5.92 Å². The number of hydrogen-bond donors (Lipinski definition) is 2. The average Bonchev–Trinajstić information content (AvgIpc) is 3.02. The minimum absolute atomic E-state index is 0.197. The van der Waals surface area contributed by atoms with Crippen molar-refractivity contribution in [3.05, 3.63) is 83.9 Å². The maximum atomic E-state index is 13.3. The van der Waals surface area contributed by atoms with Gasteiger partial charge in [-0.3, -0.25) is 14.8 Å². The number of halogens is 1. The fourth-order valence-corrected chi connectivity index (χ4v) is 3.11. The summed E-state index contributed by atoms with van der Waals surface area (Å²) in [6, 6.07) is 17.9. The van der Waals surface area contributed by atoms with E-state index in [1.54, 1.807) is 18.5 Å². The van der Waals surface area contributed by atoms with E-state index in [0.29, 0.717) is 5.69 Å². The Kier molecular flexibility index (Phi) is 5.10. The van der Waals surface area contributed by atoms with Crippen molar-refractivity contribution in [2.75, 3.05) is 17.2 Å². The third-order valence-electron chi connectivity index (χ3n) is 4.57. The van der Waals surface area contributed by atoms with Gasteiger partial charge in [-0.05, 0) is 54.1 Å². The molecule has 0 fully saturated rings. The molecule has 0 radical (unpaired) electrons. The number of anilines is 2. The number of nitrogens with one attached hydrogen (secondary N) is 2. The van der Waals surface area contributed by atoms with Crippen LogP contribution in [0, 0.1) is 5.82 Å². The van der Waals surface area contributed by atoms with E-state index >= 15 is 0 Å². The van der Waals surface area contributed by atoms with E-state index in [-0.39, 0.29) is 11.7 Å². The molecular weight excluding hydrogens is 355 g/mol. The molecule has 5 nitrogen and oxygen atoms in total. The van der Waals surface area contributed by atoms with Gasteiger partial charge in [0, 0.05) is 42.4 Å². The van der Waals surface area contributed by atoms with E-state index in [1.165, 1.54) is 12.1 Å². The molecule has 2 heterocycles. The number of rotatable bonds is 6. The van der Waals surface area contributed by atoms with Gasteiger partial charge in [0.2, 0.25) is 5.91 Å². The Morgan fingerprint density at radius 2 is 2.00 bits per heavy atom. The Morgan fingerprint density at radius 1 is 1.14 bits per heavy atom. The fourth-order valence-electron chi connectivity index (χ4n) is 3.11. The Balaban J connectivity index is 1.36. The highest BCUT2D eigenvalue weighted by Gasteiger charge is 2.29. The van der Waals surface area contributed by atoms with Gasteiger partial charge in [-0.2, -0.15) is 0 Å². The summed E-state index contributed by atoms with van der Waals surface area (Å²) in [7, 11) is 0. The highest BCUT2D eigenvalue weighted by Crippen LogP contribution is 2.32. The summed E-state index contributed by atoms with van der Waals surface area (Å²) >= 11 is 0. The predicted molar refractivity (Wildman–Crippen MR) is 109 cm³/mol. The molecule has 140 valence electrons. The van der Waals surface area contributed by atoms with Gasteiger partial charge < -0.3 is 10.6 Å². The molecule has 1 atom stereocenters. The van der Waals surface area contributed by atoms with E-state index in [2.05, 4.69) is 20.6 Å². The van der Waals surface area contributed by atoms with Gasteiger partial charge in [0.1, 0.15) is 11.7 Å². The molecule has 0 bridgehead atoms. The zero-order valence-corrected chi connectivity index (χ0v) is 15.1. The van der Waals surface area contributed by atoms with Crippen LogP contribution < -0.4 is 10.6 Å². The first-order chi connectivity index (χ1) is 13.7. The lowest BCUT2D eigenvalue weighted by atomic mass is 10.0. The standard InChI is InChI=1S/C22H19FN4O/c23-15-4-9-19-20(22(28)27-21(19)13-15)14-26-18-7-5-17(6-8-18)25-12-10-16-3-1-2-11-24-16/h1-9,11,13-14,20,25H,10,12H2,(H,27,28). The number of fused-ring (bicyclic) bond motifs is 1. The lowest BCUT2D eigenvalue weighted by Crippen LogP contribution is -2.12. The molecule has 1 unspecified atom stereocenters. The second kappa shape index (κ2) is 8.00. The van der Waals surface area contributed by atoms with Gasteiger partial charge in [0.05, 0.1) is 5.69 Å². The van der Waals surface area contributed by atoms with E-state index in [0.717, 1.165) is 35.6 Å². The number of amides is 1. The summed E-state index contributed by atoms with van der Waals surface area (Å²) in [6.45, 7) is 0.787. The summed E-state index contributed by atoms with van der Waals surface area (Å²) in [5.41, 5.74) is 4.04. The predicted octanol–water partition coefficient (Wildman–Crippen LogP) is 4.31. The first kappa shape index (κ1) is 17.9. The van der Waals surface area contributed by atoms with Crippen LogP contribution in [0.25, 0.3) is 0 Å². The van der Waals surface area contributed by atoms with E-state index in [1.807, 2.05) is 42.5 Å². The van der Waals surface area contributed by atoms with Crippen LogP contribution in [0.1, 0.15) is 17.2 Å². The second-order valence-electron chi connectivity index (χ2n) is 6.52. The molecule has 28 heavy (non-hydrogen) atoms. The van der Waals surface area contributed by atoms with Crippen LogP contribution in [0.5, 0.6) is 0 Å². The molecule has 3 aromatic rings. The van der Waals surface area contributed by atoms with Gasteiger partial charge in [-0.25, -0.2) is 4.39 Å². The minimum Gasteiger partial charge on any atom is -0.385 e. The highest BCUT2D eigenvalue weighted by atomic mass is 19.1. The topological polar surface area (TPSA) is 66.4 Å². The maximum Gasteiger partial charge on any atom is 0.237 e. The molecule has 0 saturated heterocycles. The van der Waals surface area contributed by atoms with Gasteiger partial charge >= 0.3 is 0 Å². The summed E-state index contributed by atoms with van der Waals surface area (Å²) < 4.78 is 13.3. The number of aromatic nitrogens is 1. The monoisotopic (exact) mass is 374 g/mol. The summed E-state index contributed by atoms with van der Waals surface area (Å²) in [5, 5.41) is 6.04. The zero-order valence-electron chi connectivity index (χ0n) is 15.1. The largest absolute Gasteiger partial charge is 0.385 e. The van der Waals surface area contributed by atoms with Gasteiger partial charge in [-0.1, -0.05) is 12.1 Å². The first-order valence-electron chi connectivity index (χ1n) is 9.07. The molecular formula is C22H19FN4O. The number of carbonyl (C=O) groups excluding carboxylic acids is 1. The van der Waals surface area contributed by atoms with Crippen molar-refractivity contribution in [2.24, 2.45) is 4.99 Å². The number of benzene rings is 2. The van der Waals surface area contributed by atoms with Crippen molar-refractivity contribution in [2.45, 2.75) is 12.3 Å². The molecule has 2 aromatic carbocycles. The van der Waals surface area contributed by atoms with Crippen LogP contribution in [0.4, 0.5) is 21.5 Å². The average molecular weight is 374 g/mol. The number of nitrogens with zero attached hydrogens (tertiary/aromatic N) is 2. The molecule has 1 amide bonds. The molecule has 1 aromatic heterocycles. The number of aliphatic imine (C=N–C) groups is 1. The third kappa shape index (κ3) is 4.06.